The molecule has 0 spiro atoms. The van der Waals surface area contributed by atoms with Crippen LogP contribution in [0.4, 0.5) is 5.69 Å². The first-order chi connectivity index (χ1) is 36.4. The zero-order valence-corrected chi connectivity index (χ0v) is 48.6. The van der Waals surface area contributed by atoms with E-state index in [4.69, 9.17) is 9.47 Å². The monoisotopic (exact) mass is 1110 g/mol. The Hall–Kier alpha value is -6.55. The number of carboxylic acid groups (broad SMARTS) is 1. The SMILES string of the molecule is CC[C@H](C)CC(=O)N(C)C(C[C@@H](OC(C)=O)c1nc(C(=O)N[C@@H](Cc2ccc(NC(=O)[C@H](C)NC(=O)[C@H](C)NC(=O)CC(C)(C)COCC(C)(C)CNC(=O)CCCN3C(=O)C=CC3=O)cc2)C[C@H](C)C(=O)O)cs1)C(C)C. The lowest BCUT2D eigenvalue weighted by atomic mass is 9.89. The highest BCUT2D eigenvalue weighted by Crippen LogP contribution is 2.31. The van der Waals surface area contributed by atoms with Crippen LogP contribution < -0.4 is 26.6 Å². The first-order valence-electron chi connectivity index (χ1n) is 26.7. The molecule has 6 N–H and O–H groups in total. The molecule has 0 saturated heterocycles. The number of anilines is 1. The number of nitrogens with zero attached hydrogens (tertiary/aromatic N) is 3. The molecule has 0 radical (unpaired) electrons. The fourth-order valence-electron chi connectivity index (χ4n) is 8.42. The van der Waals surface area contributed by atoms with Crippen molar-refractivity contribution < 1.29 is 62.5 Å². The maximum absolute atomic E-state index is 13.7. The van der Waals surface area contributed by atoms with Crippen molar-refractivity contribution in [3.63, 3.8) is 0 Å². The average Bonchev–Trinajstić information content (AvgIpc) is 3.97. The number of aromatic nitrogens is 1. The Bertz CT molecular complexity index is 2440. The van der Waals surface area contributed by atoms with Crippen LogP contribution in [0.25, 0.3) is 0 Å². The Morgan fingerprint density at radius 2 is 1.44 bits per heavy atom. The third-order valence-electron chi connectivity index (χ3n) is 13.4. The lowest BCUT2D eigenvalue weighted by Gasteiger charge is -2.34. The quantitative estimate of drug-likeness (QED) is 0.0367. The predicted molar refractivity (Wildman–Crippen MR) is 294 cm³/mol. The molecule has 1 aromatic carbocycles. The van der Waals surface area contributed by atoms with Gasteiger partial charge >= 0.3 is 11.9 Å². The van der Waals surface area contributed by atoms with Crippen molar-refractivity contribution in [3.05, 3.63) is 58.1 Å². The second-order valence-electron chi connectivity index (χ2n) is 22.5. The van der Waals surface area contributed by atoms with Gasteiger partial charge in [0.05, 0.1) is 19.1 Å². The van der Waals surface area contributed by atoms with E-state index in [0.717, 1.165) is 28.2 Å². The Morgan fingerprint density at radius 1 is 0.821 bits per heavy atom. The molecule has 1 aliphatic rings. The third kappa shape index (κ3) is 22.4. The number of hydrogen-bond donors (Lipinski definition) is 6. The highest BCUT2D eigenvalue weighted by atomic mass is 32.1. The van der Waals surface area contributed by atoms with Crippen molar-refractivity contribution >= 4 is 76.2 Å². The van der Waals surface area contributed by atoms with E-state index >= 15 is 0 Å². The summed E-state index contributed by atoms with van der Waals surface area (Å²) in [6, 6.07) is 3.83. The smallest absolute Gasteiger partial charge is 0.306 e. The molecule has 78 heavy (non-hydrogen) atoms. The highest BCUT2D eigenvalue weighted by Gasteiger charge is 2.33. The molecule has 21 nitrogen and oxygen atoms in total. The predicted octanol–water partition coefficient (Wildman–Crippen LogP) is 5.74. The van der Waals surface area contributed by atoms with Crippen molar-refractivity contribution in [1.82, 2.24) is 36.1 Å². The summed E-state index contributed by atoms with van der Waals surface area (Å²) in [7, 11) is 1.75. The van der Waals surface area contributed by atoms with Crippen LogP contribution in [0.3, 0.4) is 0 Å². The van der Waals surface area contributed by atoms with Crippen LogP contribution in [0.15, 0.2) is 41.8 Å². The van der Waals surface area contributed by atoms with E-state index in [0.29, 0.717) is 30.1 Å². The topological polar surface area (TPSA) is 289 Å². The number of imide groups is 1. The van der Waals surface area contributed by atoms with E-state index in [1.54, 1.807) is 48.5 Å². The van der Waals surface area contributed by atoms with Crippen molar-refractivity contribution in [2.75, 3.05) is 38.7 Å². The largest absolute Gasteiger partial charge is 0.481 e. The van der Waals surface area contributed by atoms with Gasteiger partial charge in [0, 0.05) is 93.5 Å². The Labute approximate surface area is 463 Å². The zero-order chi connectivity index (χ0) is 58.7. The number of aliphatic carboxylic acids is 1. The third-order valence-corrected chi connectivity index (χ3v) is 14.3. The molecule has 1 aromatic heterocycles. The number of amides is 8. The van der Waals surface area contributed by atoms with E-state index in [-0.39, 0.29) is 99.1 Å². The number of carbonyl (C=O) groups is 10. The van der Waals surface area contributed by atoms with Crippen LogP contribution in [0.1, 0.15) is 155 Å². The van der Waals surface area contributed by atoms with Crippen molar-refractivity contribution in [2.45, 2.75) is 165 Å². The number of benzene rings is 1. The molecular formula is C56H84N8O13S. The number of carbonyl (C=O) groups excluding carboxylic acids is 9. The number of carboxylic acids is 1. The van der Waals surface area contributed by atoms with Crippen LogP contribution in [-0.2, 0) is 59.0 Å². The van der Waals surface area contributed by atoms with Gasteiger partial charge in [-0.15, -0.1) is 11.3 Å². The van der Waals surface area contributed by atoms with Gasteiger partial charge in [-0.3, -0.25) is 52.8 Å². The molecule has 0 saturated carbocycles. The fraction of sp³-hybridized carbons (Fsp3) is 0.625. The Balaban J connectivity index is 1.51. The van der Waals surface area contributed by atoms with Crippen molar-refractivity contribution in [1.29, 1.82) is 0 Å². The standard InChI is InChI=1S/C56H84N8O13S/c1-14-34(4)24-49(70)63(13)43(33(2)3)27-44(77-38(8)65)53-62-42(29-78-53)52(73)61-41(25-35(5)54(74)75)26-39-17-19-40(20-18-39)60-51(72)37(7)59-50(71)36(6)58-46(67)28-55(9,10)31-76-32-56(11,12)30-57-45(66)16-15-23-64-47(68)21-22-48(64)69/h17-22,29,33-37,41,43-44H,14-16,23-28,30-32H2,1-13H3,(H,57,66)(H,58,67)(H,59,71)(H,60,72)(H,61,73)(H,74,75)/t34-,35-,36-,37-,41+,43?,44+/m0/s1. The van der Waals surface area contributed by atoms with Gasteiger partial charge in [0.1, 0.15) is 22.8 Å². The molecule has 432 valence electrons. The lowest BCUT2D eigenvalue weighted by molar-refractivity contribution is -0.148. The van der Waals surface area contributed by atoms with E-state index in [2.05, 4.69) is 31.6 Å². The van der Waals surface area contributed by atoms with Crippen LogP contribution in [0, 0.1) is 28.6 Å². The normalized spacial score (nSPS) is 15.3. The molecule has 1 aliphatic heterocycles. The molecule has 22 heteroatoms. The Morgan fingerprint density at radius 3 is 2.03 bits per heavy atom. The molecule has 1 unspecified atom stereocenters. The number of hydrogen-bond acceptors (Lipinski definition) is 14. The summed E-state index contributed by atoms with van der Waals surface area (Å²) in [6.45, 7) is 22.4. The average molecular weight is 1110 g/mol. The molecule has 0 bridgehead atoms. The molecule has 2 heterocycles. The minimum absolute atomic E-state index is 0.0135. The number of thiazole rings is 1. The van der Waals surface area contributed by atoms with Crippen LogP contribution in [0.5, 0.6) is 0 Å². The van der Waals surface area contributed by atoms with Gasteiger partial charge in [0.25, 0.3) is 17.7 Å². The van der Waals surface area contributed by atoms with Gasteiger partial charge in [-0.05, 0) is 68.1 Å². The van der Waals surface area contributed by atoms with Crippen LogP contribution in [0.2, 0.25) is 0 Å². The number of ether oxygens (including phenoxy) is 2. The minimum Gasteiger partial charge on any atom is -0.481 e. The van der Waals surface area contributed by atoms with Gasteiger partial charge in [0.2, 0.25) is 29.5 Å². The van der Waals surface area contributed by atoms with Crippen LogP contribution >= 0.6 is 11.3 Å². The lowest BCUT2D eigenvalue weighted by Crippen LogP contribution is -2.51. The second-order valence-corrected chi connectivity index (χ2v) is 23.4. The van der Waals surface area contributed by atoms with E-state index in [1.165, 1.54) is 32.9 Å². The number of rotatable bonds is 33. The summed E-state index contributed by atoms with van der Waals surface area (Å²) in [5.41, 5.74) is 0.128. The molecular weight excluding hydrogens is 1020 g/mol. The second kappa shape index (κ2) is 30.6. The molecule has 2 aromatic rings. The van der Waals surface area contributed by atoms with Gasteiger partial charge in [-0.2, -0.15) is 0 Å². The first-order valence-corrected chi connectivity index (χ1v) is 27.6. The summed E-state index contributed by atoms with van der Waals surface area (Å²) < 4.78 is 11.7. The summed E-state index contributed by atoms with van der Waals surface area (Å²) in [5, 5.41) is 25.6. The van der Waals surface area contributed by atoms with Gasteiger partial charge in [-0.25, -0.2) is 4.98 Å². The minimum atomic E-state index is -1.04. The zero-order valence-electron chi connectivity index (χ0n) is 47.7. The summed E-state index contributed by atoms with van der Waals surface area (Å²) in [6.07, 6.45) is 3.93. The Kier molecular flexibility index (Phi) is 25.8. The maximum Gasteiger partial charge on any atom is 0.306 e. The van der Waals surface area contributed by atoms with E-state index < -0.39 is 76.5 Å². The molecule has 0 fully saturated rings. The number of nitrogens with one attached hydrogen (secondary N) is 5. The number of esters is 1. The molecule has 0 aliphatic carbocycles. The molecule has 8 amide bonds. The molecule has 3 rings (SSSR count). The van der Waals surface area contributed by atoms with Gasteiger partial charge in [-0.1, -0.05) is 80.9 Å². The summed E-state index contributed by atoms with van der Waals surface area (Å²) >= 11 is 1.15. The molecule has 7 atom stereocenters. The van der Waals surface area contributed by atoms with Crippen molar-refractivity contribution in [3.8, 4) is 0 Å². The van der Waals surface area contributed by atoms with E-state index in [9.17, 15) is 53.1 Å². The fourth-order valence-corrected chi connectivity index (χ4v) is 9.26. The maximum atomic E-state index is 13.7. The van der Waals surface area contributed by atoms with Crippen molar-refractivity contribution in [2.24, 2.45) is 28.6 Å². The van der Waals surface area contributed by atoms with E-state index in [1.807, 2.05) is 55.4 Å². The highest BCUT2D eigenvalue weighted by molar-refractivity contribution is 7.09. The van der Waals surface area contributed by atoms with Crippen LogP contribution in [-0.4, -0.2) is 137 Å². The summed E-state index contributed by atoms with van der Waals surface area (Å²) in [4.78, 5) is 134. The summed E-state index contributed by atoms with van der Waals surface area (Å²) in [5.74, 6) is -5.22. The van der Waals surface area contributed by atoms with Gasteiger partial charge < -0.3 is 46.1 Å². The first kappa shape index (κ1) is 65.7. The van der Waals surface area contributed by atoms with Gasteiger partial charge in [0.15, 0.2) is 6.10 Å².